The highest BCUT2D eigenvalue weighted by Crippen LogP contribution is 2.39. The predicted molar refractivity (Wildman–Crippen MR) is 112 cm³/mol. The molecular formula is C20H21N3O2S2. The van der Waals surface area contributed by atoms with Crippen molar-refractivity contribution in [2.24, 2.45) is 5.92 Å². The molecule has 2 aromatic rings. The van der Waals surface area contributed by atoms with Crippen molar-refractivity contribution in [2.45, 2.75) is 33.1 Å². The van der Waals surface area contributed by atoms with Crippen molar-refractivity contribution in [3.05, 3.63) is 45.8 Å². The van der Waals surface area contributed by atoms with Gasteiger partial charge in [0.05, 0.1) is 12.2 Å². The van der Waals surface area contributed by atoms with E-state index in [2.05, 4.69) is 23.6 Å². The van der Waals surface area contributed by atoms with E-state index in [-0.39, 0.29) is 11.0 Å². The second kappa shape index (κ2) is 8.51. The topological polar surface area (TPSA) is 74.2 Å². The molecule has 7 heteroatoms. The largest absolute Gasteiger partial charge is 0.494 e. The minimum Gasteiger partial charge on any atom is -0.494 e. The Bertz CT molecular complexity index is 914. The maximum atomic E-state index is 12.4. The molecule has 0 saturated heterocycles. The van der Waals surface area contributed by atoms with Gasteiger partial charge in [-0.1, -0.05) is 13.0 Å². The molecule has 1 unspecified atom stereocenters. The lowest BCUT2D eigenvalue weighted by atomic mass is 9.89. The van der Waals surface area contributed by atoms with Gasteiger partial charge < -0.3 is 10.1 Å². The van der Waals surface area contributed by atoms with Crippen LogP contribution in [0.5, 0.6) is 5.75 Å². The first kappa shape index (κ1) is 19.3. The molecule has 1 amide bonds. The Labute approximate surface area is 168 Å². The summed E-state index contributed by atoms with van der Waals surface area (Å²) in [5.74, 6) is 0.943. The molecule has 0 saturated carbocycles. The van der Waals surface area contributed by atoms with Crippen LogP contribution in [-0.4, -0.2) is 17.6 Å². The number of nitrogens with zero attached hydrogens (tertiary/aromatic N) is 1. The van der Waals surface area contributed by atoms with Gasteiger partial charge in [-0.15, -0.1) is 11.3 Å². The van der Waals surface area contributed by atoms with Gasteiger partial charge in [-0.3, -0.25) is 10.1 Å². The highest BCUT2D eigenvalue weighted by atomic mass is 32.1. The molecule has 1 aromatic carbocycles. The fraction of sp³-hybridized carbons (Fsp3) is 0.350. The van der Waals surface area contributed by atoms with Crippen LogP contribution in [0.15, 0.2) is 24.3 Å². The van der Waals surface area contributed by atoms with Crippen molar-refractivity contribution in [3.8, 4) is 11.8 Å². The third kappa shape index (κ3) is 4.46. The number of fused-ring (bicyclic) bond motifs is 1. The second-order valence-corrected chi connectivity index (χ2v) is 8.05. The van der Waals surface area contributed by atoms with Crippen molar-refractivity contribution in [1.82, 2.24) is 5.32 Å². The molecule has 0 spiro atoms. The first-order valence-electron chi connectivity index (χ1n) is 8.91. The van der Waals surface area contributed by atoms with Gasteiger partial charge >= 0.3 is 0 Å². The predicted octanol–water partition coefficient (Wildman–Crippen LogP) is 4.27. The molecule has 0 bridgehead atoms. The van der Waals surface area contributed by atoms with Gasteiger partial charge in [0.25, 0.3) is 5.91 Å². The highest BCUT2D eigenvalue weighted by Gasteiger charge is 2.24. The summed E-state index contributed by atoms with van der Waals surface area (Å²) < 4.78 is 5.42. The number of nitriles is 1. The molecule has 0 radical (unpaired) electrons. The van der Waals surface area contributed by atoms with Crippen LogP contribution in [0.1, 0.15) is 46.6 Å². The molecule has 140 valence electrons. The molecular weight excluding hydrogens is 378 g/mol. The SMILES string of the molecule is CCOc1cccc(C(=O)NC(=S)Nc2sc3c(c2C#N)CCC(C)C3)c1. The maximum Gasteiger partial charge on any atom is 0.257 e. The molecule has 1 atom stereocenters. The Morgan fingerprint density at radius 3 is 3.04 bits per heavy atom. The van der Waals surface area contributed by atoms with Crippen LogP contribution in [0.25, 0.3) is 0 Å². The van der Waals surface area contributed by atoms with Crippen molar-refractivity contribution < 1.29 is 9.53 Å². The van der Waals surface area contributed by atoms with E-state index in [4.69, 9.17) is 17.0 Å². The van der Waals surface area contributed by atoms with Crippen molar-refractivity contribution >= 4 is 39.6 Å². The minimum atomic E-state index is -0.317. The molecule has 27 heavy (non-hydrogen) atoms. The number of benzene rings is 1. The molecule has 1 aliphatic rings. The van der Waals surface area contributed by atoms with Gasteiger partial charge in [0, 0.05) is 10.4 Å². The van der Waals surface area contributed by atoms with Crippen LogP contribution in [0, 0.1) is 17.2 Å². The zero-order valence-corrected chi connectivity index (χ0v) is 16.9. The van der Waals surface area contributed by atoms with Crippen molar-refractivity contribution in [2.75, 3.05) is 11.9 Å². The second-order valence-electron chi connectivity index (χ2n) is 6.54. The first-order chi connectivity index (χ1) is 13.0. The van der Waals surface area contributed by atoms with E-state index >= 15 is 0 Å². The quantitative estimate of drug-likeness (QED) is 0.751. The third-order valence-electron chi connectivity index (χ3n) is 4.48. The number of rotatable bonds is 4. The number of ether oxygens (including phenoxy) is 1. The molecule has 1 heterocycles. The van der Waals surface area contributed by atoms with Crippen molar-refractivity contribution in [3.63, 3.8) is 0 Å². The number of amides is 1. The number of carbonyl (C=O) groups is 1. The number of hydrogen-bond donors (Lipinski definition) is 2. The van der Waals surface area contributed by atoms with E-state index in [0.717, 1.165) is 24.8 Å². The highest BCUT2D eigenvalue weighted by molar-refractivity contribution is 7.80. The lowest BCUT2D eigenvalue weighted by molar-refractivity contribution is 0.0977. The zero-order chi connectivity index (χ0) is 19.4. The number of thiophene rings is 1. The lowest BCUT2D eigenvalue weighted by Gasteiger charge is -2.17. The summed E-state index contributed by atoms with van der Waals surface area (Å²) in [7, 11) is 0. The standard InChI is InChI=1S/C20H21N3O2S2/c1-3-25-14-6-4-5-13(10-14)18(24)22-20(26)23-19-16(11-21)15-8-7-12(2)9-17(15)27-19/h4-6,10,12H,3,7-9H2,1-2H3,(H2,22,23,24,26). The average molecular weight is 400 g/mol. The van der Waals surface area contributed by atoms with Crippen molar-refractivity contribution in [1.29, 1.82) is 5.26 Å². The van der Waals surface area contributed by atoms with Gasteiger partial charge in [-0.25, -0.2) is 0 Å². The molecule has 2 N–H and O–H groups in total. The number of carbonyl (C=O) groups excluding carboxylic acids is 1. The van der Waals surface area contributed by atoms with Crippen LogP contribution in [-0.2, 0) is 12.8 Å². The van der Waals surface area contributed by atoms with E-state index in [9.17, 15) is 10.1 Å². The Hall–Kier alpha value is -2.43. The van der Waals surface area contributed by atoms with Gasteiger partial charge in [0.15, 0.2) is 5.11 Å². The Balaban J connectivity index is 1.70. The average Bonchev–Trinajstić information content (AvgIpc) is 2.97. The number of nitrogens with one attached hydrogen (secondary N) is 2. The Kier molecular flexibility index (Phi) is 6.09. The summed E-state index contributed by atoms with van der Waals surface area (Å²) in [6, 6.07) is 9.23. The van der Waals surface area contributed by atoms with E-state index < -0.39 is 0 Å². The summed E-state index contributed by atoms with van der Waals surface area (Å²) in [5, 5.41) is 16.2. The van der Waals surface area contributed by atoms with E-state index in [0.29, 0.717) is 34.4 Å². The number of hydrogen-bond acceptors (Lipinski definition) is 5. The summed E-state index contributed by atoms with van der Waals surface area (Å²) in [4.78, 5) is 13.7. The molecule has 3 rings (SSSR count). The van der Waals surface area contributed by atoms with Gasteiger partial charge in [0.2, 0.25) is 0 Å². The molecule has 0 fully saturated rings. The number of anilines is 1. The Morgan fingerprint density at radius 1 is 1.48 bits per heavy atom. The van der Waals surface area contributed by atoms with Crippen LogP contribution < -0.4 is 15.4 Å². The first-order valence-corrected chi connectivity index (χ1v) is 10.1. The lowest BCUT2D eigenvalue weighted by Crippen LogP contribution is -2.34. The molecule has 1 aromatic heterocycles. The zero-order valence-electron chi connectivity index (χ0n) is 15.3. The normalized spacial score (nSPS) is 15.4. The van der Waals surface area contributed by atoms with Gasteiger partial charge in [-0.05, 0) is 68.1 Å². The van der Waals surface area contributed by atoms with Crippen LogP contribution in [0.4, 0.5) is 5.00 Å². The Morgan fingerprint density at radius 2 is 2.30 bits per heavy atom. The van der Waals surface area contributed by atoms with Crippen LogP contribution in [0.3, 0.4) is 0 Å². The molecule has 5 nitrogen and oxygen atoms in total. The summed E-state index contributed by atoms with van der Waals surface area (Å²) in [5.41, 5.74) is 2.24. The number of thiocarbonyl (C=S) groups is 1. The van der Waals surface area contributed by atoms with Gasteiger partial charge in [-0.2, -0.15) is 5.26 Å². The van der Waals surface area contributed by atoms with E-state index in [1.54, 1.807) is 35.6 Å². The smallest absolute Gasteiger partial charge is 0.257 e. The summed E-state index contributed by atoms with van der Waals surface area (Å²) in [6.07, 6.45) is 3.00. The summed E-state index contributed by atoms with van der Waals surface area (Å²) in [6.45, 7) is 4.65. The third-order valence-corrected chi connectivity index (χ3v) is 5.86. The van der Waals surface area contributed by atoms with E-state index in [1.807, 2.05) is 6.92 Å². The minimum absolute atomic E-state index is 0.185. The van der Waals surface area contributed by atoms with Gasteiger partial charge in [0.1, 0.15) is 16.8 Å². The molecule has 1 aliphatic carbocycles. The fourth-order valence-electron chi connectivity index (χ4n) is 3.16. The molecule has 0 aliphatic heterocycles. The van der Waals surface area contributed by atoms with Crippen LogP contribution in [0.2, 0.25) is 0 Å². The fourth-order valence-corrected chi connectivity index (χ4v) is 4.79. The van der Waals surface area contributed by atoms with E-state index in [1.165, 1.54) is 4.88 Å². The monoisotopic (exact) mass is 399 g/mol. The maximum absolute atomic E-state index is 12.4. The van der Waals surface area contributed by atoms with Crippen LogP contribution >= 0.6 is 23.6 Å². The summed E-state index contributed by atoms with van der Waals surface area (Å²) >= 11 is 6.85.